The van der Waals surface area contributed by atoms with Gasteiger partial charge in [-0.3, -0.25) is 9.59 Å². The molecule has 2 amide bonds. The van der Waals surface area contributed by atoms with Gasteiger partial charge in [0.2, 0.25) is 5.91 Å². The Kier molecular flexibility index (Phi) is 8.20. The maximum Gasteiger partial charge on any atom is 0.255 e. The molecule has 8 heteroatoms. The van der Waals surface area contributed by atoms with Crippen molar-refractivity contribution in [2.24, 2.45) is 5.92 Å². The predicted molar refractivity (Wildman–Crippen MR) is 112 cm³/mol. The quantitative estimate of drug-likeness (QED) is 0.692. The van der Waals surface area contributed by atoms with Crippen LogP contribution in [0, 0.1) is 5.92 Å². The first-order valence-corrected chi connectivity index (χ1v) is 11.5. The molecule has 1 aromatic carbocycles. The van der Waals surface area contributed by atoms with Gasteiger partial charge in [0.05, 0.1) is 25.9 Å². The number of ether oxygens (including phenoxy) is 3. The Labute approximate surface area is 176 Å². The molecule has 160 valence electrons. The Morgan fingerprint density at radius 3 is 2.59 bits per heavy atom. The number of thioether (sulfide) groups is 1. The highest BCUT2D eigenvalue weighted by atomic mass is 32.2. The summed E-state index contributed by atoms with van der Waals surface area (Å²) in [6, 6.07) is 6.50. The number of hydrogen-bond acceptors (Lipinski definition) is 6. The second kappa shape index (κ2) is 10.8. The molecule has 0 radical (unpaired) electrons. The van der Waals surface area contributed by atoms with Crippen LogP contribution in [0.25, 0.3) is 0 Å². The second-order valence-electron chi connectivity index (χ2n) is 7.28. The van der Waals surface area contributed by atoms with Crippen molar-refractivity contribution in [3.05, 3.63) is 29.8 Å². The molecule has 0 bridgehead atoms. The van der Waals surface area contributed by atoms with E-state index in [1.807, 2.05) is 17.2 Å². The van der Waals surface area contributed by atoms with E-state index in [1.54, 1.807) is 30.0 Å². The van der Waals surface area contributed by atoms with Gasteiger partial charge in [-0.1, -0.05) is 12.1 Å². The van der Waals surface area contributed by atoms with Crippen molar-refractivity contribution in [2.75, 3.05) is 45.4 Å². The maximum atomic E-state index is 13.2. The molecule has 2 aliphatic heterocycles. The van der Waals surface area contributed by atoms with E-state index in [9.17, 15) is 9.59 Å². The van der Waals surface area contributed by atoms with Crippen molar-refractivity contribution in [3.63, 3.8) is 0 Å². The summed E-state index contributed by atoms with van der Waals surface area (Å²) < 4.78 is 16.5. The van der Waals surface area contributed by atoms with Gasteiger partial charge in [-0.25, -0.2) is 0 Å². The first-order valence-electron chi connectivity index (χ1n) is 10.1. The molecule has 1 N–H and O–H groups in total. The minimum Gasteiger partial charge on any atom is -0.496 e. The lowest BCUT2D eigenvalue weighted by atomic mass is 9.95. The van der Waals surface area contributed by atoms with Crippen LogP contribution in [0.3, 0.4) is 0 Å². The zero-order valence-corrected chi connectivity index (χ0v) is 17.9. The SMILES string of the molecule is COc1ccccc1C(=O)NC(CCSC)C(=O)N1CCC(C2OCCO2)CC1. The summed E-state index contributed by atoms with van der Waals surface area (Å²) in [5.74, 6) is 1.31. The molecule has 2 aliphatic rings. The highest BCUT2D eigenvalue weighted by molar-refractivity contribution is 7.98. The second-order valence-corrected chi connectivity index (χ2v) is 8.27. The molecule has 2 saturated heterocycles. The maximum absolute atomic E-state index is 13.2. The number of benzene rings is 1. The van der Waals surface area contributed by atoms with E-state index in [0.717, 1.165) is 18.6 Å². The third kappa shape index (κ3) is 5.65. The monoisotopic (exact) mass is 422 g/mol. The van der Waals surface area contributed by atoms with Gasteiger partial charge < -0.3 is 24.4 Å². The van der Waals surface area contributed by atoms with Crippen LogP contribution in [0.1, 0.15) is 29.6 Å². The van der Waals surface area contributed by atoms with Crippen LogP contribution in [0.5, 0.6) is 5.75 Å². The molecule has 7 nitrogen and oxygen atoms in total. The van der Waals surface area contributed by atoms with Crippen molar-refractivity contribution >= 4 is 23.6 Å². The Morgan fingerprint density at radius 1 is 1.24 bits per heavy atom. The molecule has 2 fully saturated rings. The van der Waals surface area contributed by atoms with Crippen LogP contribution in [0.4, 0.5) is 0 Å². The Hall–Kier alpha value is -1.77. The number of nitrogens with zero attached hydrogens (tertiary/aromatic N) is 1. The fourth-order valence-corrected chi connectivity index (χ4v) is 4.29. The van der Waals surface area contributed by atoms with Gasteiger partial charge in [0.25, 0.3) is 5.91 Å². The molecule has 3 rings (SSSR count). The lowest BCUT2D eigenvalue weighted by molar-refractivity contribution is -0.138. The number of para-hydroxylation sites is 1. The zero-order valence-electron chi connectivity index (χ0n) is 17.1. The lowest BCUT2D eigenvalue weighted by Crippen LogP contribution is -2.51. The lowest BCUT2D eigenvalue weighted by Gasteiger charge is -2.35. The zero-order chi connectivity index (χ0) is 20.6. The number of carbonyl (C=O) groups excluding carboxylic acids is 2. The number of nitrogens with one attached hydrogen (secondary N) is 1. The molecular weight excluding hydrogens is 392 g/mol. The van der Waals surface area contributed by atoms with Gasteiger partial charge >= 0.3 is 0 Å². The van der Waals surface area contributed by atoms with Crippen molar-refractivity contribution in [1.29, 1.82) is 0 Å². The first-order chi connectivity index (χ1) is 14.1. The van der Waals surface area contributed by atoms with Crippen LogP contribution < -0.4 is 10.1 Å². The summed E-state index contributed by atoms with van der Waals surface area (Å²) >= 11 is 1.66. The van der Waals surface area contributed by atoms with Crippen molar-refractivity contribution in [1.82, 2.24) is 10.2 Å². The van der Waals surface area contributed by atoms with Gasteiger partial charge in [0.15, 0.2) is 6.29 Å². The molecule has 1 unspecified atom stereocenters. The fourth-order valence-electron chi connectivity index (χ4n) is 3.82. The minimum absolute atomic E-state index is 0.0194. The Balaban J connectivity index is 1.61. The van der Waals surface area contributed by atoms with Gasteiger partial charge in [-0.05, 0) is 43.4 Å². The van der Waals surface area contributed by atoms with Crippen LogP contribution in [0.2, 0.25) is 0 Å². The number of likely N-dealkylation sites (tertiary alicyclic amines) is 1. The summed E-state index contributed by atoms with van der Waals surface area (Å²) in [5.41, 5.74) is 0.436. The average Bonchev–Trinajstić information content (AvgIpc) is 3.31. The summed E-state index contributed by atoms with van der Waals surface area (Å²) in [5, 5.41) is 2.93. The van der Waals surface area contributed by atoms with Gasteiger partial charge in [0.1, 0.15) is 11.8 Å². The molecule has 2 heterocycles. The highest BCUT2D eigenvalue weighted by Crippen LogP contribution is 2.26. The number of rotatable bonds is 8. The molecule has 29 heavy (non-hydrogen) atoms. The van der Waals surface area contributed by atoms with Crippen LogP contribution in [-0.4, -0.2) is 74.5 Å². The van der Waals surface area contributed by atoms with Gasteiger partial charge in [-0.15, -0.1) is 0 Å². The van der Waals surface area contributed by atoms with Crippen LogP contribution >= 0.6 is 11.8 Å². The Morgan fingerprint density at radius 2 is 1.93 bits per heavy atom. The molecule has 0 spiro atoms. The molecule has 1 atom stereocenters. The summed E-state index contributed by atoms with van der Waals surface area (Å²) in [6.07, 6.45) is 4.16. The summed E-state index contributed by atoms with van der Waals surface area (Å²) in [7, 11) is 1.53. The third-order valence-corrected chi connectivity index (χ3v) is 6.09. The molecule has 0 aromatic heterocycles. The van der Waals surface area contributed by atoms with E-state index in [0.29, 0.717) is 50.0 Å². The number of methoxy groups -OCH3 is 1. The van der Waals surface area contributed by atoms with Crippen molar-refractivity contribution in [3.8, 4) is 5.75 Å². The van der Waals surface area contributed by atoms with E-state index in [2.05, 4.69) is 5.32 Å². The van der Waals surface area contributed by atoms with Crippen molar-refractivity contribution in [2.45, 2.75) is 31.6 Å². The normalized spacial score (nSPS) is 19.2. The smallest absolute Gasteiger partial charge is 0.255 e. The molecular formula is C21H30N2O5S. The molecule has 1 aromatic rings. The summed E-state index contributed by atoms with van der Waals surface area (Å²) in [6.45, 7) is 2.62. The number of piperidine rings is 1. The Bertz CT molecular complexity index is 687. The van der Waals surface area contributed by atoms with Gasteiger partial charge in [-0.2, -0.15) is 11.8 Å². The number of amides is 2. The van der Waals surface area contributed by atoms with E-state index in [4.69, 9.17) is 14.2 Å². The van der Waals surface area contributed by atoms with Crippen molar-refractivity contribution < 1.29 is 23.8 Å². The number of carbonyl (C=O) groups is 2. The molecule has 0 saturated carbocycles. The standard InChI is InChI=1S/C21H30N2O5S/c1-26-18-6-4-3-5-16(18)19(24)22-17(9-14-29-2)20(25)23-10-7-15(8-11-23)21-27-12-13-28-21/h3-6,15,17,21H,7-14H2,1-2H3,(H,22,24). The van der Waals surface area contributed by atoms with Crippen LogP contribution in [-0.2, 0) is 14.3 Å². The fraction of sp³-hybridized carbons (Fsp3) is 0.619. The van der Waals surface area contributed by atoms with E-state index >= 15 is 0 Å². The third-order valence-electron chi connectivity index (χ3n) is 5.45. The topological polar surface area (TPSA) is 77.1 Å². The van der Waals surface area contributed by atoms with E-state index in [-0.39, 0.29) is 18.1 Å². The summed E-state index contributed by atoms with van der Waals surface area (Å²) in [4.78, 5) is 27.8. The first kappa shape index (κ1) is 21.9. The minimum atomic E-state index is -0.546. The van der Waals surface area contributed by atoms with E-state index < -0.39 is 6.04 Å². The predicted octanol–water partition coefficient (Wildman–Crippen LogP) is 2.16. The largest absolute Gasteiger partial charge is 0.496 e. The highest BCUT2D eigenvalue weighted by Gasteiger charge is 2.34. The van der Waals surface area contributed by atoms with E-state index in [1.165, 1.54) is 7.11 Å². The van der Waals surface area contributed by atoms with Gasteiger partial charge in [0, 0.05) is 19.0 Å². The molecule has 0 aliphatic carbocycles. The number of hydrogen-bond donors (Lipinski definition) is 1. The average molecular weight is 423 g/mol. The van der Waals surface area contributed by atoms with Crippen LogP contribution in [0.15, 0.2) is 24.3 Å².